The summed E-state index contributed by atoms with van der Waals surface area (Å²) in [6.07, 6.45) is 2.82. The summed E-state index contributed by atoms with van der Waals surface area (Å²) in [4.78, 5) is 10.1. The number of hydrogen-bond donors (Lipinski definition) is 1. The van der Waals surface area contributed by atoms with E-state index in [0.717, 1.165) is 6.26 Å². The van der Waals surface area contributed by atoms with E-state index in [9.17, 15) is 18.5 Å². The molecule has 0 spiro atoms. The fourth-order valence-corrected chi connectivity index (χ4v) is 1.95. The van der Waals surface area contributed by atoms with Gasteiger partial charge in [0.1, 0.15) is 16.0 Å². The number of nitrogens with one attached hydrogen (secondary N) is 1. The van der Waals surface area contributed by atoms with Gasteiger partial charge in [0.15, 0.2) is 0 Å². The summed E-state index contributed by atoms with van der Waals surface area (Å²) >= 11 is 0. The molecule has 0 fully saturated rings. The molecule has 0 aliphatic rings. The Balaban J connectivity index is 2.55. The molecule has 1 aromatic heterocycles. The van der Waals surface area contributed by atoms with Crippen LogP contribution in [0.3, 0.4) is 0 Å². The van der Waals surface area contributed by atoms with Gasteiger partial charge in [0.05, 0.1) is 10.7 Å². The maximum Gasteiger partial charge on any atom is 0.330 e. The molecule has 1 aromatic rings. The standard InChI is InChI=1S/C8H14N4O4S/c1-11-6-7(12(13)14)8(10-11)9-4-3-5-17(2,15)16/h6H,3-5H2,1-2H3,(H,9,10). The van der Waals surface area contributed by atoms with E-state index in [-0.39, 0.29) is 17.3 Å². The Kier molecular flexibility index (Phi) is 4.05. The zero-order valence-electron chi connectivity index (χ0n) is 9.58. The van der Waals surface area contributed by atoms with Gasteiger partial charge in [-0.25, -0.2) is 8.42 Å². The van der Waals surface area contributed by atoms with Crippen LogP contribution in [0.4, 0.5) is 11.5 Å². The molecule has 0 amide bonds. The normalized spacial score (nSPS) is 11.4. The smallest absolute Gasteiger partial charge is 0.330 e. The zero-order chi connectivity index (χ0) is 13.1. The van der Waals surface area contributed by atoms with E-state index < -0.39 is 14.8 Å². The fourth-order valence-electron chi connectivity index (χ4n) is 1.28. The second-order valence-electron chi connectivity index (χ2n) is 3.70. The fraction of sp³-hybridized carbons (Fsp3) is 0.625. The third-order valence-corrected chi connectivity index (χ3v) is 3.02. The number of sulfone groups is 1. The zero-order valence-corrected chi connectivity index (χ0v) is 10.4. The quantitative estimate of drug-likeness (QED) is 0.445. The lowest BCUT2D eigenvalue weighted by Gasteiger charge is -2.01. The van der Waals surface area contributed by atoms with Crippen molar-refractivity contribution >= 4 is 21.3 Å². The average molecular weight is 262 g/mol. The summed E-state index contributed by atoms with van der Waals surface area (Å²) in [5.74, 6) is 0.201. The summed E-state index contributed by atoms with van der Waals surface area (Å²) in [7, 11) is -1.42. The topological polar surface area (TPSA) is 107 Å². The number of nitro groups is 1. The minimum Gasteiger partial charge on any atom is -0.363 e. The molecule has 0 bridgehead atoms. The molecule has 1 rings (SSSR count). The Morgan fingerprint density at radius 2 is 2.24 bits per heavy atom. The monoisotopic (exact) mass is 262 g/mol. The van der Waals surface area contributed by atoms with Crippen LogP contribution < -0.4 is 5.32 Å². The van der Waals surface area contributed by atoms with E-state index in [1.165, 1.54) is 10.9 Å². The van der Waals surface area contributed by atoms with E-state index in [1.54, 1.807) is 7.05 Å². The van der Waals surface area contributed by atoms with E-state index in [0.29, 0.717) is 13.0 Å². The molecule has 17 heavy (non-hydrogen) atoms. The van der Waals surface area contributed by atoms with E-state index >= 15 is 0 Å². The molecule has 9 heteroatoms. The third kappa shape index (κ3) is 4.39. The molecule has 1 heterocycles. The van der Waals surface area contributed by atoms with Crippen LogP contribution in [0.15, 0.2) is 6.20 Å². The van der Waals surface area contributed by atoms with Crippen LogP contribution in [-0.2, 0) is 16.9 Å². The molecular weight excluding hydrogens is 248 g/mol. The lowest BCUT2D eigenvalue weighted by Crippen LogP contribution is -2.10. The summed E-state index contributed by atoms with van der Waals surface area (Å²) in [6.45, 7) is 0.324. The van der Waals surface area contributed by atoms with Crippen molar-refractivity contribution in [2.45, 2.75) is 6.42 Å². The van der Waals surface area contributed by atoms with Gasteiger partial charge >= 0.3 is 5.69 Å². The third-order valence-electron chi connectivity index (χ3n) is 1.99. The van der Waals surface area contributed by atoms with Gasteiger partial charge in [0, 0.05) is 19.8 Å². The van der Waals surface area contributed by atoms with Crippen LogP contribution in [0.1, 0.15) is 6.42 Å². The molecule has 0 aliphatic heterocycles. The first-order valence-electron chi connectivity index (χ1n) is 4.89. The molecule has 0 saturated carbocycles. The molecule has 0 aromatic carbocycles. The van der Waals surface area contributed by atoms with Crippen molar-refractivity contribution in [1.82, 2.24) is 9.78 Å². The summed E-state index contributed by atoms with van der Waals surface area (Å²) < 4.78 is 23.1. The molecule has 1 N–H and O–H groups in total. The summed E-state index contributed by atoms with van der Waals surface area (Å²) in [5.41, 5.74) is -0.119. The van der Waals surface area contributed by atoms with Gasteiger partial charge in [-0.1, -0.05) is 0 Å². The maximum absolute atomic E-state index is 10.9. The number of nitrogens with zero attached hydrogens (tertiary/aromatic N) is 3. The van der Waals surface area contributed by atoms with Crippen molar-refractivity contribution in [3.8, 4) is 0 Å². The number of rotatable bonds is 6. The van der Waals surface area contributed by atoms with Gasteiger partial charge in [-0.05, 0) is 6.42 Å². The Hall–Kier alpha value is -1.64. The molecular formula is C8H14N4O4S. The van der Waals surface area contributed by atoms with Crippen LogP contribution >= 0.6 is 0 Å². The largest absolute Gasteiger partial charge is 0.363 e. The predicted octanol–water partition coefficient (Wildman–Crippen LogP) is 0.175. The van der Waals surface area contributed by atoms with Crippen LogP contribution in [0, 0.1) is 10.1 Å². The predicted molar refractivity (Wildman–Crippen MR) is 62.7 cm³/mol. The molecule has 96 valence electrons. The van der Waals surface area contributed by atoms with Gasteiger partial charge in [-0.15, -0.1) is 5.10 Å². The van der Waals surface area contributed by atoms with Gasteiger partial charge < -0.3 is 5.32 Å². The second kappa shape index (κ2) is 5.13. The van der Waals surface area contributed by atoms with Gasteiger partial charge in [-0.2, -0.15) is 0 Å². The van der Waals surface area contributed by atoms with E-state index in [1.807, 2.05) is 0 Å². The highest BCUT2D eigenvalue weighted by Crippen LogP contribution is 2.21. The Morgan fingerprint density at radius 3 is 2.76 bits per heavy atom. The molecule has 8 nitrogen and oxygen atoms in total. The van der Waals surface area contributed by atoms with Crippen molar-refractivity contribution in [1.29, 1.82) is 0 Å². The number of aryl methyl sites for hydroxylation is 1. The first kappa shape index (κ1) is 13.4. The molecule has 0 saturated heterocycles. The highest BCUT2D eigenvalue weighted by atomic mass is 32.2. The Labute approximate surface area is 98.7 Å². The first-order chi connectivity index (χ1) is 7.79. The lowest BCUT2D eigenvalue weighted by atomic mass is 10.4. The first-order valence-corrected chi connectivity index (χ1v) is 6.95. The van der Waals surface area contributed by atoms with Crippen LogP contribution in [0.5, 0.6) is 0 Å². The van der Waals surface area contributed by atoms with Crippen LogP contribution in [0.25, 0.3) is 0 Å². The van der Waals surface area contributed by atoms with Crippen molar-refractivity contribution in [2.24, 2.45) is 7.05 Å². The molecule has 0 aliphatic carbocycles. The second-order valence-corrected chi connectivity index (χ2v) is 5.96. The molecule has 0 unspecified atom stereocenters. The highest BCUT2D eigenvalue weighted by Gasteiger charge is 2.17. The lowest BCUT2D eigenvalue weighted by molar-refractivity contribution is -0.384. The van der Waals surface area contributed by atoms with Gasteiger partial charge in [0.2, 0.25) is 5.82 Å². The highest BCUT2D eigenvalue weighted by molar-refractivity contribution is 7.90. The van der Waals surface area contributed by atoms with Crippen LogP contribution in [0.2, 0.25) is 0 Å². The SMILES string of the molecule is Cn1cc([N+](=O)[O-])c(NCCCS(C)(=O)=O)n1. The summed E-state index contributed by atoms with van der Waals surface area (Å²) in [6, 6.07) is 0. The average Bonchev–Trinajstić information content (AvgIpc) is 2.53. The number of anilines is 1. The summed E-state index contributed by atoms with van der Waals surface area (Å²) in [5, 5.41) is 17.3. The van der Waals surface area contributed by atoms with Crippen molar-refractivity contribution in [2.75, 3.05) is 23.9 Å². The minimum absolute atomic E-state index is 0.0423. The Morgan fingerprint density at radius 1 is 1.59 bits per heavy atom. The minimum atomic E-state index is -3.00. The Bertz CT molecular complexity index is 508. The van der Waals surface area contributed by atoms with Crippen molar-refractivity contribution < 1.29 is 13.3 Å². The van der Waals surface area contributed by atoms with Crippen molar-refractivity contribution in [3.63, 3.8) is 0 Å². The van der Waals surface area contributed by atoms with E-state index in [2.05, 4.69) is 10.4 Å². The van der Waals surface area contributed by atoms with Crippen LogP contribution in [-0.4, -0.2) is 41.7 Å². The van der Waals surface area contributed by atoms with Gasteiger partial charge in [0.25, 0.3) is 0 Å². The number of hydrogen-bond acceptors (Lipinski definition) is 6. The molecule has 0 atom stereocenters. The maximum atomic E-state index is 10.9. The van der Waals surface area contributed by atoms with Gasteiger partial charge in [-0.3, -0.25) is 14.8 Å². The number of aromatic nitrogens is 2. The molecule has 0 radical (unpaired) electrons. The van der Waals surface area contributed by atoms with Crippen molar-refractivity contribution in [3.05, 3.63) is 16.3 Å². The van der Waals surface area contributed by atoms with E-state index in [4.69, 9.17) is 0 Å².